The number of hydrogen-bond donors (Lipinski definition) is 0. The van der Waals surface area contributed by atoms with E-state index in [0.29, 0.717) is 24.3 Å². The van der Waals surface area contributed by atoms with Crippen LogP contribution in [0.5, 0.6) is 0 Å². The summed E-state index contributed by atoms with van der Waals surface area (Å²) in [5.41, 5.74) is 2.13. The number of carbonyl (C=O) groups excluding carboxylic acids is 2. The zero-order valence-corrected chi connectivity index (χ0v) is 23.3. The van der Waals surface area contributed by atoms with Crippen LogP contribution in [0.4, 0.5) is 0 Å². The number of likely N-dealkylation sites (tertiary alicyclic amines) is 1. The predicted octanol–water partition coefficient (Wildman–Crippen LogP) is 4.52. The molecule has 6 heteroatoms. The van der Waals surface area contributed by atoms with Crippen LogP contribution in [0.1, 0.15) is 60.9 Å². The summed E-state index contributed by atoms with van der Waals surface area (Å²) in [6.07, 6.45) is 7.30. The second kappa shape index (κ2) is 12.2. The van der Waals surface area contributed by atoms with Gasteiger partial charge in [-0.1, -0.05) is 48.5 Å². The topological polar surface area (TPSA) is 47.1 Å². The smallest absolute Gasteiger partial charge is 0.254 e. The van der Waals surface area contributed by atoms with Crippen LogP contribution < -0.4 is 0 Å². The summed E-state index contributed by atoms with van der Waals surface area (Å²) in [4.78, 5) is 36.5. The van der Waals surface area contributed by atoms with Gasteiger partial charge < -0.3 is 9.80 Å². The molecular formula is C33H44N4O2. The van der Waals surface area contributed by atoms with Gasteiger partial charge in [0.05, 0.1) is 0 Å². The maximum absolute atomic E-state index is 13.8. The van der Waals surface area contributed by atoms with Crippen LogP contribution in [0.25, 0.3) is 0 Å². The lowest BCUT2D eigenvalue weighted by Gasteiger charge is -2.57. The number of nitrogens with zero attached hydrogens (tertiary/aromatic N) is 4. The molecule has 39 heavy (non-hydrogen) atoms. The van der Waals surface area contributed by atoms with Gasteiger partial charge in [0.1, 0.15) is 0 Å². The maximum Gasteiger partial charge on any atom is 0.254 e. The highest BCUT2D eigenvalue weighted by Crippen LogP contribution is 2.43. The first-order chi connectivity index (χ1) is 19.2. The lowest BCUT2D eigenvalue weighted by atomic mass is 9.69. The first-order valence-electron chi connectivity index (χ1n) is 15.3. The van der Waals surface area contributed by atoms with Crippen molar-refractivity contribution in [1.82, 2.24) is 19.6 Å². The molecule has 4 heterocycles. The Morgan fingerprint density at radius 3 is 2.23 bits per heavy atom. The highest BCUT2D eigenvalue weighted by molar-refractivity contribution is 5.94. The molecule has 0 radical (unpaired) electrons. The molecule has 4 aliphatic rings. The number of benzene rings is 2. The SMILES string of the molecule is O=C(CCC[C@@H]1[C@H]2CCCN3CCC[C@@H](CN1C(=O)c1ccccc1)[C@@H]23)N1CCN(Cc2ccccc2)CC1. The first-order valence-corrected chi connectivity index (χ1v) is 15.3. The molecule has 0 bridgehead atoms. The van der Waals surface area contributed by atoms with Crippen LogP contribution in [0.15, 0.2) is 60.7 Å². The van der Waals surface area contributed by atoms with Gasteiger partial charge in [-0.05, 0) is 81.1 Å². The molecule has 0 N–H and O–H groups in total. The van der Waals surface area contributed by atoms with Crippen molar-refractivity contribution in [3.8, 4) is 0 Å². The Kier molecular flexibility index (Phi) is 8.31. The van der Waals surface area contributed by atoms with Gasteiger partial charge in [-0.2, -0.15) is 0 Å². The lowest BCUT2D eigenvalue weighted by molar-refractivity contribution is -0.133. The van der Waals surface area contributed by atoms with Crippen molar-refractivity contribution in [2.45, 2.75) is 63.6 Å². The standard InChI is InChI=1S/C33H44N4O2/c38-31(35-22-20-34(21-23-35)24-26-10-3-1-4-11-26)17-7-16-30-29-15-9-19-36-18-8-14-28(32(29)36)25-37(30)33(39)27-12-5-2-6-13-27/h1-6,10-13,28-30,32H,7-9,14-25H2/t28-,29+,30+,32-/m0/s1. The molecule has 6 nitrogen and oxygen atoms in total. The van der Waals surface area contributed by atoms with Gasteiger partial charge in [0.15, 0.2) is 0 Å². The van der Waals surface area contributed by atoms with E-state index in [-0.39, 0.29) is 17.9 Å². The molecule has 4 atom stereocenters. The lowest BCUT2D eigenvalue weighted by Crippen LogP contribution is -2.65. The minimum atomic E-state index is 0.183. The second-order valence-electron chi connectivity index (χ2n) is 12.2. The number of piperidine rings is 3. The van der Waals surface area contributed by atoms with E-state index in [1.165, 1.54) is 44.3 Å². The first kappa shape index (κ1) is 26.5. The fourth-order valence-corrected chi connectivity index (χ4v) is 7.96. The number of amides is 2. The summed E-state index contributed by atoms with van der Waals surface area (Å²) in [7, 11) is 0. The molecule has 0 saturated carbocycles. The summed E-state index contributed by atoms with van der Waals surface area (Å²) in [6, 6.07) is 21.3. The Balaban J connectivity index is 1.07. The molecule has 2 aromatic carbocycles. The molecule has 4 fully saturated rings. The predicted molar refractivity (Wildman–Crippen MR) is 154 cm³/mol. The summed E-state index contributed by atoms with van der Waals surface area (Å²) < 4.78 is 0. The van der Waals surface area contributed by atoms with Crippen molar-refractivity contribution >= 4 is 11.8 Å². The largest absolute Gasteiger partial charge is 0.340 e. The van der Waals surface area contributed by atoms with Gasteiger partial charge in [0.25, 0.3) is 5.91 Å². The van der Waals surface area contributed by atoms with Crippen molar-refractivity contribution < 1.29 is 9.59 Å². The molecule has 0 aromatic heterocycles. The molecule has 0 aliphatic carbocycles. The summed E-state index contributed by atoms with van der Waals surface area (Å²) in [6.45, 7) is 7.75. The second-order valence-corrected chi connectivity index (χ2v) is 12.2. The molecule has 4 saturated heterocycles. The molecule has 208 valence electrons. The molecular weight excluding hydrogens is 484 g/mol. The third kappa shape index (κ3) is 5.92. The van der Waals surface area contributed by atoms with E-state index in [1.54, 1.807) is 0 Å². The normalized spacial score (nSPS) is 27.7. The van der Waals surface area contributed by atoms with Crippen LogP contribution >= 0.6 is 0 Å². The molecule has 6 rings (SSSR count). The Morgan fingerprint density at radius 2 is 1.49 bits per heavy atom. The molecule has 2 amide bonds. The Hall–Kier alpha value is -2.70. The summed E-state index contributed by atoms with van der Waals surface area (Å²) in [5.74, 6) is 1.58. The van der Waals surface area contributed by atoms with E-state index in [0.717, 1.165) is 57.7 Å². The number of piperazine rings is 1. The quantitative estimate of drug-likeness (QED) is 0.530. The van der Waals surface area contributed by atoms with Crippen molar-refractivity contribution in [3.63, 3.8) is 0 Å². The van der Waals surface area contributed by atoms with Crippen molar-refractivity contribution in [1.29, 1.82) is 0 Å². The van der Waals surface area contributed by atoms with Crippen LogP contribution in [0, 0.1) is 11.8 Å². The number of hydrogen-bond acceptors (Lipinski definition) is 4. The zero-order valence-electron chi connectivity index (χ0n) is 23.3. The van der Waals surface area contributed by atoms with Crippen molar-refractivity contribution in [2.75, 3.05) is 45.8 Å². The minimum Gasteiger partial charge on any atom is -0.340 e. The van der Waals surface area contributed by atoms with E-state index in [9.17, 15) is 9.59 Å². The molecule has 0 unspecified atom stereocenters. The average Bonchev–Trinajstić information content (AvgIpc) is 2.99. The minimum absolute atomic E-state index is 0.183. The van der Waals surface area contributed by atoms with Crippen molar-refractivity contribution in [2.24, 2.45) is 11.8 Å². The Bertz CT molecular complexity index is 1100. The van der Waals surface area contributed by atoms with Crippen LogP contribution in [-0.2, 0) is 11.3 Å². The van der Waals surface area contributed by atoms with Gasteiger partial charge in [-0.3, -0.25) is 19.4 Å². The van der Waals surface area contributed by atoms with Gasteiger partial charge >= 0.3 is 0 Å². The Labute approximate surface area is 233 Å². The van der Waals surface area contributed by atoms with Gasteiger partial charge in [-0.25, -0.2) is 0 Å². The highest BCUT2D eigenvalue weighted by Gasteiger charge is 2.49. The van der Waals surface area contributed by atoms with Crippen LogP contribution in [0.3, 0.4) is 0 Å². The summed E-state index contributed by atoms with van der Waals surface area (Å²) in [5, 5.41) is 0. The third-order valence-electron chi connectivity index (χ3n) is 9.82. The third-order valence-corrected chi connectivity index (χ3v) is 9.82. The van der Waals surface area contributed by atoms with E-state index < -0.39 is 0 Å². The highest BCUT2D eigenvalue weighted by atomic mass is 16.2. The summed E-state index contributed by atoms with van der Waals surface area (Å²) >= 11 is 0. The molecule has 4 aliphatic heterocycles. The number of carbonyl (C=O) groups is 2. The van der Waals surface area contributed by atoms with E-state index in [2.05, 4.69) is 49.9 Å². The maximum atomic E-state index is 13.8. The fourth-order valence-electron chi connectivity index (χ4n) is 7.96. The van der Waals surface area contributed by atoms with E-state index in [1.807, 2.05) is 30.3 Å². The van der Waals surface area contributed by atoms with Gasteiger partial charge in [0.2, 0.25) is 5.91 Å². The van der Waals surface area contributed by atoms with Crippen LogP contribution in [0.2, 0.25) is 0 Å². The van der Waals surface area contributed by atoms with Gasteiger partial charge in [0, 0.05) is 63.3 Å². The fraction of sp³-hybridized carbons (Fsp3) is 0.576. The van der Waals surface area contributed by atoms with E-state index in [4.69, 9.17) is 0 Å². The zero-order chi connectivity index (χ0) is 26.6. The average molecular weight is 529 g/mol. The van der Waals surface area contributed by atoms with E-state index >= 15 is 0 Å². The Morgan fingerprint density at radius 1 is 0.795 bits per heavy atom. The monoisotopic (exact) mass is 528 g/mol. The molecule has 0 spiro atoms. The van der Waals surface area contributed by atoms with Crippen molar-refractivity contribution in [3.05, 3.63) is 71.8 Å². The molecule has 2 aromatic rings. The van der Waals surface area contributed by atoms with Crippen LogP contribution in [-0.4, -0.2) is 89.3 Å². The number of rotatable bonds is 7. The van der Waals surface area contributed by atoms with Gasteiger partial charge in [-0.15, -0.1) is 0 Å².